The van der Waals surface area contributed by atoms with Crippen LogP contribution in [0.1, 0.15) is 0 Å². The third-order valence-corrected chi connectivity index (χ3v) is 5.00. The van der Waals surface area contributed by atoms with Crippen molar-refractivity contribution in [2.75, 3.05) is 50.6 Å². The van der Waals surface area contributed by atoms with Gasteiger partial charge < -0.3 is 24.6 Å². The van der Waals surface area contributed by atoms with Gasteiger partial charge in [0.25, 0.3) is 5.69 Å². The number of methoxy groups -OCH3 is 2. The summed E-state index contributed by atoms with van der Waals surface area (Å²) in [7, 11) is 3.13. The van der Waals surface area contributed by atoms with E-state index < -0.39 is 4.92 Å². The molecule has 0 saturated carbocycles. The summed E-state index contributed by atoms with van der Waals surface area (Å²) >= 11 is 5.53. The zero-order chi connectivity index (χ0) is 20.1. The number of nitro benzene ring substituents is 1. The van der Waals surface area contributed by atoms with Crippen molar-refractivity contribution in [1.82, 2.24) is 4.90 Å². The van der Waals surface area contributed by atoms with Gasteiger partial charge in [-0.15, -0.1) is 0 Å². The summed E-state index contributed by atoms with van der Waals surface area (Å²) in [6.07, 6.45) is 0. The second kappa shape index (κ2) is 8.75. The van der Waals surface area contributed by atoms with Crippen LogP contribution in [-0.2, 0) is 0 Å². The third-order valence-electron chi connectivity index (χ3n) is 4.64. The van der Waals surface area contributed by atoms with Crippen molar-refractivity contribution in [3.8, 4) is 11.5 Å². The largest absolute Gasteiger partial charge is 0.497 e. The summed E-state index contributed by atoms with van der Waals surface area (Å²) in [5.41, 5.74) is 1.73. The molecule has 1 aliphatic rings. The number of nitrogens with zero attached hydrogens (tertiary/aromatic N) is 3. The lowest BCUT2D eigenvalue weighted by molar-refractivity contribution is -0.384. The number of rotatable bonds is 5. The molecular weight excluding hydrogens is 380 g/mol. The number of hydrogen-bond acceptors (Lipinski definition) is 6. The van der Waals surface area contributed by atoms with E-state index in [4.69, 9.17) is 21.7 Å². The van der Waals surface area contributed by atoms with Gasteiger partial charge in [0.2, 0.25) is 0 Å². The Morgan fingerprint density at radius 1 is 1.07 bits per heavy atom. The van der Waals surface area contributed by atoms with Gasteiger partial charge in [-0.25, -0.2) is 0 Å². The minimum atomic E-state index is -0.455. The van der Waals surface area contributed by atoms with E-state index in [0.717, 1.165) is 37.6 Å². The lowest BCUT2D eigenvalue weighted by Crippen LogP contribution is -2.50. The van der Waals surface area contributed by atoms with Crippen LogP contribution >= 0.6 is 12.2 Å². The molecule has 1 fully saturated rings. The molecule has 1 heterocycles. The van der Waals surface area contributed by atoms with Crippen molar-refractivity contribution < 1.29 is 14.4 Å². The van der Waals surface area contributed by atoms with Crippen LogP contribution in [0.4, 0.5) is 17.1 Å². The molecule has 9 heteroatoms. The number of piperazine rings is 1. The zero-order valence-electron chi connectivity index (χ0n) is 15.8. The van der Waals surface area contributed by atoms with Gasteiger partial charge in [0.05, 0.1) is 30.9 Å². The highest BCUT2D eigenvalue weighted by molar-refractivity contribution is 7.80. The minimum Gasteiger partial charge on any atom is -0.497 e. The topological polar surface area (TPSA) is 80.1 Å². The lowest BCUT2D eigenvalue weighted by atomic mass is 10.2. The van der Waals surface area contributed by atoms with Crippen LogP contribution in [0, 0.1) is 10.1 Å². The van der Waals surface area contributed by atoms with E-state index in [2.05, 4.69) is 15.1 Å². The molecule has 1 aliphatic heterocycles. The lowest BCUT2D eigenvalue weighted by Gasteiger charge is -2.37. The Balaban J connectivity index is 1.60. The van der Waals surface area contributed by atoms with Crippen LogP contribution in [0.3, 0.4) is 0 Å². The molecule has 28 heavy (non-hydrogen) atoms. The average Bonchev–Trinajstić information content (AvgIpc) is 2.74. The summed E-state index contributed by atoms with van der Waals surface area (Å²) in [5, 5.41) is 14.6. The van der Waals surface area contributed by atoms with Gasteiger partial charge >= 0.3 is 0 Å². The van der Waals surface area contributed by atoms with Crippen LogP contribution in [0.15, 0.2) is 42.5 Å². The Labute approximate surface area is 168 Å². The number of thiocarbonyl (C=S) groups is 1. The van der Waals surface area contributed by atoms with Gasteiger partial charge in [-0.1, -0.05) is 0 Å². The molecule has 0 atom stereocenters. The predicted octanol–water partition coefficient (Wildman–Crippen LogP) is 3.13. The van der Waals surface area contributed by atoms with E-state index in [1.54, 1.807) is 13.2 Å². The van der Waals surface area contributed by atoms with Crippen molar-refractivity contribution in [3.05, 3.63) is 52.6 Å². The van der Waals surface area contributed by atoms with Crippen LogP contribution in [0.25, 0.3) is 0 Å². The maximum Gasteiger partial charge on any atom is 0.273 e. The Morgan fingerprint density at radius 2 is 1.75 bits per heavy atom. The number of anilines is 2. The quantitative estimate of drug-likeness (QED) is 0.464. The second-order valence-electron chi connectivity index (χ2n) is 6.24. The number of nitrogens with one attached hydrogen (secondary N) is 1. The third kappa shape index (κ3) is 4.42. The normalized spacial score (nSPS) is 13.8. The highest BCUT2D eigenvalue weighted by Crippen LogP contribution is 2.29. The Bertz CT molecular complexity index is 852. The van der Waals surface area contributed by atoms with Gasteiger partial charge in [0.15, 0.2) is 5.11 Å². The Hall–Kier alpha value is -3.07. The molecule has 0 spiro atoms. The molecule has 0 aliphatic carbocycles. The van der Waals surface area contributed by atoms with E-state index in [1.165, 1.54) is 19.2 Å². The van der Waals surface area contributed by atoms with Gasteiger partial charge in [-0.05, 0) is 42.5 Å². The van der Waals surface area contributed by atoms with Crippen LogP contribution in [0.2, 0.25) is 0 Å². The highest BCUT2D eigenvalue weighted by atomic mass is 32.1. The first-order valence-corrected chi connectivity index (χ1v) is 9.20. The zero-order valence-corrected chi connectivity index (χ0v) is 16.6. The molecule has 0 aromatic heterocycles. The van der Waals surface area contributed by atoms with Crippen LogP contribution in [0.5, 0.6) is 11.5 Å². The molecule has 8 nitrogen and oxygen atoms in total. The Morgan fingerprint density at radius 3 is 2.32 bits per heavy atom. The van der Waals surface area contributed by atoms with E-state index in [9.17, 15) is 10.1 Å². The molecule has 1 N–H and O–H groups in total. The first-order valence-electron chi connectivity index (χ1n) is 8.79. The molecule has 0 radical (unpaired) electrons. The summed E-state index contributed by atoms with van der Waals surface area (Å²) in [6, 6.07) is 12.4. The SMILES string of the molecule is COc1ccc(N2CCN(C(=S)Nc3ccc([N+](=O)[O-])cc3OC)CC2)cc1. The van der Waals surface area contributed by atoms with Gasteiger partial charge in [0.1, 0.15) is 11.5 Å². The van der Waals surface area contributed by atoms with Crippen molar-refractivity contribution in [2.24, 2.45) is 0 Å². The molecule has 0 unspecified atom stereocenters. The molecule has 3 rings (SSSR count). The van der Waals surface area contributed by atoms with Crippen molar-refractivity contribution >= 4 is 34.4 Å². The van der Waals surface area contributed by atoms with E-state index in [1.807, 2.05) is 24.3 Å². The van der Waals surface area contributed by atoms with Crippen LogP contribution in [-0.4, -0.2) is 55.3 Å². The summed E-state index contributed by atoms with van der Waals surface area (Å²) in [6.45, 7) is 3.22. The maximum atomic E-state index is 10.9. The summed E-state index contributed by atoms with van der Waals surface area (Å²) in [4.78, 5) is 14.8. The van der Waals surface area contributed by atoms with Crippen molar-refractivity contribution in [1.29, 1.82) is 0 Å². The molecule has 0 amide bonds. The fourth-order valence-corrected chi connectivity index (χ4v) is 3.34. The van der Waals surface area contributed by atoms with Gasteiger partial charge in [-0.2, -0.15) is 0 Å². The number of non-ortho nitro benzene ring substituents is 1. The monoisotopic (exact) mass is 402 g/mol. The fraction of sp³-hybridized carbons (Fsp3) is 0.316. The first-order chi connectivity index (χ1) is 13.5. The number of benzene rings is 2. The van der Waals surface area contributed by atoms with E-state index in [0.29, 0.717) is 16.5 Å². The minimum absolute atomic E-state index is 0.0265. The molecule has 0 bridgehead atoms. The van der Waals surface area contributed by atoms with Gasteiger partial charge in [-0.3, -0.25) is 10.1 Å². The van der Waals surface area contributed by atoms with Crippen molar-refractivity contribution in [3.63, 3.8) is 0 Å². The molecule has 1 saturated heterocycles. The highest BCUT2D eigenvalue weighted by Gasteiger charge is 2.20. The van der Waals surface area contributed by atoms with Crippen molar-refractivity contribution in [2.45, 2.75) is 0 Å². The smallest absolute Gasteiger partial charge is 0.273 e. The second-order valence-corrected chi connectivity index (χ2v) is 6.63. The van der Waals surface area contributed by atoms with Crippen LogP contribution < -0.4 is 19.7 Å². The average molecular weight is 402 g/mol. The Kier molecular flexibility index (Phi) is 6.15. The fourth-order valence-electron chi connectivity index (χ4n) is 3.05. The number of ether oxygens (including phenoxy) is 2. The number of hydrogen-bond donors (Lipinski definition) is 1. The predicted molar refractivity (Wildman–Crippen MR) is 113 cm³/mol. The molecular formula is C19H22N4O4S. The van der Waals surface area contributed by atoms with Gasteiger partial charge in [0, 0.05) is 37.9 Å². The summed E-state index contributed by atoms with van der Waals surface area (Å²) in [5.74, 6) is 1.22. The summed E-state index contributed by atoms with van der Waals surface area (Å²) < 4.78 is 10.5. The molecule has 2 aromatic rings. The maximum absolute atomic E-state index is 10.9. The molecule has 2 aromatic carbocycles. The first kappa shape index (κ1) is 19.7. The van der Waals surface area contributed by atoms with E-state index >= 15 is 0 Å². The molecule has 148 valence electrons. The van der Waals surface area contributed by atoms with E-state index in [-0.39, 0.29) is 5.69 Å². The number of nitro groups is 1. The standard InChI is InChI=1S/C19H22N4O4S/c1-26-16-6-3-14(4-7-16)21-9-11-22(12-10-21)19(28)20-17-8-5-15(23(24)25)13-18(17)27-2/h3-8,13H,9-12H2,1-2H3,(H,20,28).